The molecule has 0 atom stereocenters. The van der Waals surface area contributed by atoms with Crippen LogP contribution in [0.15, 0.2) is 60.7 Å². The Kier molecular flexibility index (Phi) is 5.91. The van der Waals surface area contributed by atoms with E-state index in [1.165, 1.54) is 0 Å². The Morgan fingerprint density at radius 3 is 2.19 bits per heavy atom. The molecule has 3 aromatic rings. The summed E-state index contributed by atoms with van der Waals surface area (Å²) < 4.78 is 5.70. The number of hydrogen-bond donors (Lipinski definition) is 2. The molecule has 0 radical (unpaired) electrons. The fourth-order valence-electron chi connectivity index (χ4n) is 2.63. The third-order valence-corrected chi connectivity index (χ3v) is 3.71. The van der Waals surface area contributed by atoms with Gasteiger partial charge in [0.2, 0.25) is 5.95 Å². The Labute approximate surface area is 160 Å². The van der Waals surface area contributed by atoms with Crippen LogP contribution in [0.2, 0.25) is 0 Å². The first kappa shape index (κ1) is 18.7. The predicted molar refractivity (Wildman–Crippen MR) is 112 cm³/mol. The van der Waals surface area contributed by atoms with Crippen LogP contribution in [0.4, 0.5) is 17.5 Å². The van der Waals surface area contributed by atoms with E-state index < -0.39 is 0 Å². The molecule has 140 valence electrons. The molecule has 2 N–H and O–H groups in total. The molecular formula is C22H26N4O. The lowest BCUT2D eigenvalue weighted by molar-refractivity contribution is 0.242. The minimum atomic E-state index is 0.156. The second kappa shape index (κ2) is 8.54. The SMILES string of the molecule is CC(C)Nc1nc(Nc2ccc(OC(C)C)cc2)cc(-c2ccccc2)n1. The summed E-state index contributed by atoms with van der Waals surface area (Å²) in [5.41, 5.74) is 2.87. The molecular weight excluding hydrogens is 336 g/mol. The molecule has 0 spiro atoms. The van der Waals surface area contributed by atoms with E-state index in [0.29, 0.717) is 5.95 Å². The lowest BCUT2D eigenvalue weighted by Crippen LogP contribution is -2.13. The molecule has 0 aliphatic rings. The molecule has 0 saturated carbocycles. The molecule has 0 saturated heterocycles. The zero-order chi connectivity index (χ0) is 19.2. The second-order valence-corrected chi connectivity index (χ2v) is 6.94. The van der Waals surface area contributed by atoms with Crippen LogP contribution in [-0.4, -0.2) is 22.1 Å². The lowest BCUT2D eigenvalue weighted by Gasteiger charge is -2.14. The molecule has 0 fully saturated rings. The number of aromatic nitrogens is 2. The van der Waals surface area contributed by atoms with Gasteiger partial charge in [0.15, 0.2) is 0 Å². The number of benzene rings is 2. The maximum Gasteiger partial charge on any atom is 0.225 e. The summed E-state index contributed by atoms with van der Waals surface area (Å²) in [7, 11) is 0. The lowest BCUT2D eigenvalue weighted by atomic mass is 10.1. The quantitative estimate of drug-likeness (QED) is 0.581. The second-order valence-electron chi connectivity index (χ2n) is 6.94. The highest BCUT2D eigenvalue weighted by molar-refractivity contribution is 5.67. The van der Waals surface area contributed by atoms with Gasteiger partial charge in [0.1, 0.15) is 11.6 Å². The first-order valence-corrected chi connectivity index (χ1v) is 9.24. The van der Waals surface area contributed by atoms with Crippen molar-refractivity contribution in [2.75, 3.05) is 10.6 Å². The molecule has 3 rings (SSSR count). The molecule has 1 aromatic heterocycles. The van der Waals surface area contributed by atoms with Crippen molar-refractivity contribution in [2.45, 2.75) is 39.8 Å². The van der Waals surface area contributed by atoms with Gasteiger partial charge in [-0.2, -0.15) is 4.98 Å². The molecule has 0 amide bonds. The van der Waals surface area contributed by atoms with Crippen LogP contribution in [0, 0.1) is 0 Å². The van der Waals surface area contributed by atoms with E-state index in [9.17, 15) is 0 Å². The molecule has 0 unspecified atom stereocenters. The van der Waals surface area contributed by atoms with Crippen molar-refractivity contribution in [3.8, 4) is 17.0 Å². The molecule has 5 nitrogen and oxygen atoms in total. The van der Waals surface area contributed by atoms with Gasteiger partial charge in [-0.3, -0.25) is 0 Å². The van der Waals surface area contributed by atoms with Crippen molar-refractivity contribution in [2.24, 2.45) is 0 Å². The summed E-state index contributed by atoms with van der Waals surface area (Å²) >= 11 is 0. The van der Waals surface area contributed by atoms with Crippen LogP contribution in [0.3, 0.4) is 0 Å². The Morgan fingerprint density at radius 2 is 1.56 bits per heavy atom. The smallest absolute Gasteiger partial charge is 0.225 e. The van der Waals surface area contributed by atoms with Crippen molar-refractivity contribution >= 4 is 17.5 Å². The zero-order valence-corrected chi connectivity index (χ0v) is 16.2. The molecule has 0 bridgehead atoms. The van der Waals surface area contributed by atoms with Gasteiger partial charge in [-0.15, -0.1) is 0 Å². The minimum absolute atomic E-state index is 0.156. The topological polar surface area (TPSA) is 59.1 Å². The maximum atomic E-state index is 5.70. The van der Waals surface area contributed by atoms with Crippen molar-refractivity contribution < 1.29 is 4.74 Å². The van der Waals surface area contributed by atoms with Crippen LogP contribution in [0.25, 0.3) is 11.3 Å². The molecule has 1 heterocycles. The van der Waals surface area contributed by atoms with E-state index in [2.05, 4.69) is 34.4 Å². The van der Waals surface area contributed by atoms with Gasteiger partial charge in [-0.05, 0) is 52.0 Å². The Bertz CT molecular complexity index is 861. The van der Waals surface area contributed by atoms with Crippen LogP contribution < -0.4 is 15.4 Å². The number of ether oxygens (including phenoxy) is 1. The third kappa shape index (κ3) is 5.45. The van der Waals surface area contributed by atoms with Crippen LogP contribution >= 0.6 is 0 Å². The summed E-state index contributed by atoms with van der Waals surface area (Å²) in [6.45, 7) is 8.17. The summed E-state index contributed by atoms with van der Waals surface area (Å²) in [6.07, 6.45) is 0.156. The molecule has 5 heteroatoms. The van der Waals surface area contributed by atoms with Gasteiger partial charge in [0.25, 0.3) is 0 Å². The summed E-state index contributed by atoms with van der Waals surface area (Å²) in [5, 5.41) is 6.65. The van der Waals surface area contributed by atoms with E-state index in [-0.39, 0.29) is 12.1 Å². The average molecular weight is 362 g/mol. The highest BCUT2D eigenvalue weighted by Crippen LogP contribution is 2.25. The first-order chi connectivity index (χ1) is 13.0. The summed E-state index contributed by atoms with van der Waals surface area (Å²) in [4.78, 5) is 9.25. The van der Waals surface area contributed by atoms with Crippen molar-refractivity contribution in [1.29, 1.82) is 0 Å². The van der Waals surface area contributed by atoms with Gasteiger partial charge < -0.3 is 15.4 Å². The average Bonchev–Trinajstić information content (AvgIpc) is 2.63. The summed E-state index contributed by atoms with van der Waals surface area (Å²) in [6, 6.07) is 20.2. The van der Waals surface area contributed by atoms with Crippen molar-refractivity contribution in [3.63, 3.8) is 0 Å². The van der Waals surface area contributed by atoms with E-state index >= 15 is 0 Å². The van der Waals surface area contributed by atoms with Gasteiger partial charge >= 0.3 is 0 Å². The molecule has 0 aliphatic heterocycles. The molecule has 27 heavy (non-hydrogen) atoms. The number of nitrogens with zero attached hydrogens (tertiary/aromatic N) is 2. The fraction of sp³-hybridized carbons (Fsp3) is 0.273. The fourth-order valence-corrected chi connectivity index (χ4v) is 2.63. The monoisotopic (exact) mass is 362 g/mol. The molecule has 0 aliphatic carbocycles. The first-order valence-electron chi connectivity index (χ1n) is 9.24. The third-order valence-electron chi connectivity index (χ3n) is 3.71. The highest BCUT2D eigenvalue weighted by atomic mass is 16.5. The Morgan fingerprint density at radius 1 is 0.852 bits per heavy atom. The van der Waals surface area contributed by atoms with Gasteiger partial charge in [0.05, 0.1) is 11.8 Å². The van der Waals surface area contributed by atoms with Crippen LogP contribution in [0.5, 0.6) is 5.75 Å². The number of rotatable bonds is 7. The number of nitrogens with one attached hydrogen (secondary N) is 2. The minimum Gasteiger partial charge on any atom is -0.491 e. The zero-order valence-electron chi connectivity index (χ0n) is 16.2. The van der Waals surface area contributed by atoms with E-state index in [4.69, 9.17) is 4.74 Å². The van der Waals surface area contributed by atoms with Gasteiger partial charge in [-0.1, -0.05) is 30.3 Å². The summed E-state index contributed by atoms with van der Waals surface area (Å²) in [5.74, 6) is 2.20. The van der Waals surface area contributed by atoms with Gasteiger partial charge in [-0.25, -0.2) is 4.98 Å². The van der Waals surface area contributed by atoms with E-state index in [1.54, 1.807) is 0 Å². The standard InChI is InChI=1S/C22H26N4O/c1-15(2)23-22-25-20(17-8-6-5-7-9-17)14-21(26-22)24-18-10-12-19(13-11-18)27-16(3)4/h5-16H,1-4H3,(H2,23,24,25,26). The Hall–Kier alpha value is -3.08. The largest absolute Gasteiger partial charge is 0.491 e. The van der Waals surface area contributed by atoms with E-state index in [0.717, 1.165) is 28.5 Å². The van der Waals surface area contributed by atoms with Gasteiger partial charge in [0, 0.05) is 23.4 Å². The maximum absolute atomic E-state index is 5.70. The van der Waals surface area contributed by atoms with Crippen LogP contribution in [-0.2, 0) is 0 Å². The van der Waals surface area contributed by atoms with Crippen molar-refractivity contribution in [1.82, 2.24) is 9.97 Å². The van der Waals surface area contributed by atoms with Crippen LogP contribution in [0.1, 0.15) is 27.7 Å². The number of anilines is 3. The highest BCUT2D eigenvalue weighted by Gasteiger charge is 2.08. The van der Waals surface area contributed by atoms with Crippen molar-refractivity contribution in [3.05, 3.63) is 60.7 Å². The van der Waals surface area contributed by atoms with E-state index in [1.807, 2.05) is 74.5 Å². The molecule has 2 aromatic carbocycles. The normalized spacial score (nSPS) is 10.9. The Balaban J connectivity index is 1.87. The predicted octanol–water partition coefficient (Wildman–Crippen LogP) is 5.49. The number of hydrogen-bond acceptors (Lipinski definition) is 5.